The van der Waals surface area contributed by atoms with E-state index in [1.807, 2.05) is 0 Å². The van der Waals surface area contributed by atoms with Crippen molar-refractivity contribution in [1.82, 2.24) is 0 Å². The second-order valence-electron chi connectivity index (χ2n) is 5.35. The van der Waals surface area contributed by atoms with Gasteiger partial charge in [-0.15, -0.1) is 0 Å². The molecule has 0 radical (unpaired) electrons. The molecule has 0 aromatic heterocycles. The highest BCUT2D eigenvalue weighted by molar-refractivity contribution is 7.90. The summed E-state index contributed by atoms with van der Waals surface area (Å²) in [5, 5.41) is 5.19. The lowest BCUT2D eigenvalue weighted by Gasteiger charge is -2.09. The summed E-state index contributed by atoms with van der Waals surface area (Å²) >= 11 is 0. The highest BCUT2D eigenvalue weighted by atomic mass is 32.2. The van der Waals surface area contributed by atoms with Crippen molar-refractivity contribution in [2.75, 3.05) is 23.5 Å². The number of hydrogen-bond donors (Lipinski definition) is 2. The van der Waals surface area contributed by atoms with Crippen LogP contribution >= 0.6 is 0 Å². The number of nitrogens with one attached hydrogen (secondary N) is 2. The maximum absolute atomic E-state index is 12.0. The maximum Gasteiger partial charge on any atom is 0.262 e. The minimum atomic E-state index is -3.35. The third-order valence-electron chi connectivity index (χ3n) is 3.07. The SMILES string of the molecule is CC(=O)Nc1cccc(OCC(=O)Nc2cccc(S(C)(=O)=O)c2)c1. The quantitative estimate of drug-likeness (QED) is 0.819. The van der Waals surface area contributed by atoms with Crippen molar-refractivity contribution >= 4 is 33.0 Å². The van der Waals surface area contributed by atoms with E-state index in [1.54, 1.807) is 36.4 Å². The molecular formula is C17H18N2O5S. The van der Waals surface area contributed by atoms with Gasteiger partial charge in [-0.2, -0.15) is 0 Å². The summed E-state index contributed by atoms with van der Waals surface area (Å²) < 4.78 is 28.4. The lowest BCUT2D eigenvalue weighted by atomic mass is 10.3. The van der Waals surface area contributed by atoms with Crippen LogP contribution in [0.4, 0.5) is 11.4 Å². The van der Waals surface area contributed by atoms with E-state index in [-0.39, 0.29) is 17.4 Å². The highest BCUT2D eigenvalue weighted by Gasteiger charge is 2.09. The molecule has 0 aliphatic carbocycles. The van der Waals surface area contributed by atoms with Crippen molar-refractivity contribution in [3.63, 3.8) is 0 Å². The Morgan fingerprint density at radius 1 is 1.00 bits per heavy atom. The van der Waals surface area contributed by atoms with E-state index >= 15 is 0 Å². The van der Waals surface area contributed by atoms with Gasteiger partial charge in [0, 0.05) is 30.6 Å². The van der Waals surface area contributed by atoms with Gasteiger partial charge in [0.2, 0.25) is 5.91 Å². The molecule has 2 N–H and O–H groups in total. The Bertz CT molecular complexity index is 893. The minimum Gasteiger partial charge on any atom is -0.484 e. The van der Waals surface area contributed by atoms with Crippen LogP contribution < -0.4 is 15.4 Å². The minimum absolute atomic E-state index is 0.120. The predicted octanol–water partition coefficient (Wildman–Crippen LogP) is 2.07. The molecule has 7 nitrogen and oxygen atoms in total. The first-order valence-electron chi connectivity index (χ1n) is 7.34. The predicted molar refractivity (Wildman–Crippen MR) is 94.4 cm³/mol. The molecule has 0 aliphatic rings. The summed E-state index contributed by atoms with van der Waals surface area (Å²) in [6.45, 7) is 1.14. The van der Waals surface area contributed by atoms with Crippen molar-refractivity contribution in [2.24, 2.45) is 0 Å². The fourth-order valence-corrected chi connectivity index (χ4v) is 2.68. The number of hydrogen-bond acceptors (Lipinski definition) is 5. The fourth-order valence-electron chi connectivity index (χ4n) is 2.02. The van der Waals surface area contributed by atoms with Gasteiger partial charge < -0.3 is 15.4 Å². The summed E-state index contributed by atoms with van der Waals surface area (Å²) in [6, 6.07) is 12.6. The normalized spacial score (nSPS) is 10.8. The molecule has 0 bridgehead atoms. The van der Waals surface area contributed by atoms with Gasteiger partial charge in [-0.25, -0.2) is 8.42 Å². The van der Waals surface area contributed by atoms with Crippen molar-refractivity contribution in [2.45, 2.75) is 11.8 Å². The van der Waals surface area contributed by atoms with Crippen LogP contribution in [0.15, 0.2) is 53.4 Å². The van der Waals surface area contributed by atoms with Crippen LogP contribution in [0, 0.1) is 0 Å². The third kappa shape index (κ3) is 5.92. The zero-order valence-corrected chi connectivity index (χ0v) is 14.6. The molecule has 2 amide bonds. The highest BCUT2D eigenvalue weighted by Crippen LogP contribution is 2.18. The summed E-state index contributed by atoms with van der Waals surface area (Å²) in [5.74, 6) is -0.220. The lowest BCUT2D eigenvalue weighted by molar-refractivity contribution is -0.118. The number of benzene rings is 2. The zero-order chi connectivity index (χ0) is 18.4. The molecule has 2 rings (SSSR count). The number of anilines is 2. The van der Waals surface area contributed by atoms with Gasteiger partial charge in [-0.05, 0) is 30.3 Å². The van der Waals surface area contributed by atoms with E-state index in [4.69, 9.17) is 4.74 Å². The molecule has 0 fully saturated rings. The van der Waals surface area contributed by atoms with E-state index in [1.165, 1.54) is 19.1 Å². The van der Waals surface area contributed by atoms with E-state index in [0.29, 0.717) is 17.1 Å². The average molecular weight is 362 g/mol. The number of carbonyl (C=O) groups excluding carboxylic acids is 2. The van der Waals surface area contributed by atoms with Gasteiger partial charge in [0.25, 0.3) is 5.91 Å². The molecule has 8 heteroatoms. The van der Waals surface area contributed by atoms with Crippen LogP contribution in [-0.4, -0.2) is 33.1 Å². The molecule has 0 aliphatic heterocycles. The Morgan fingerprint density at radius 3 is 2.28 bits per heavy atom. The molecule has 0 saturated heterocycles. The van der Waals surface area contributed by atoms with Crippen LogP contribution in [0.2, 0.25) is 0 Å². The number of ether oxygens (including phenoxy) is 1. The summed E-state index contributed by atoms with van der Waals surface area (Å²) in [6.07, 6.45) is 1.10. The first-order valence-corrected chi connectivity index (χ1v) is 9.23. The smallest absolute Gasteiger partial charge is 0.262 e. The monoisotopic (exact) mass is 362 g/mol. The second kappa shape index (κ2) is 7.80. The molecular weight excluding hydrogens is 344 g/mol. The van der Waals surface area contributed by atoms with Crippen molar-refractivity contribution in [3.05, 3.63) is 48.5 Å². The molecule has 0 atom stereocenters. The van der Waals surface area contributed by atoms with Crippen LogP contribution in [0.1, 0.15) is 6.92 Å². The summed E-state index contributed by atoms with van der Waals surface area (Å²) in [4.78, 5) is 23.1. The van der Waals surface area contributed by atoms with Gasteiger partial charge in [-0.1, -0.05) is 12.1 Å². The molecule has 2 aromatic carbocycles. The van der Waals surface area contributed by atoms with Gasteiger partial charge in [0.1, 0.15) is 5.75 Å². The average Bonchev–Trinajstić information content (AvgIpc) is 2.52. The fraction of sp³-hybridized carbons (Fsp3) is 0.176. The molecule has 0 unspecified atom stereocenters. The summed E-state index contributed by atoms with van der Waals surface area (Å²) in [5.41, 5.74) is 0.926. The maximum atomic E-state index is 12.0. The van der Waals surface area contributed by atoms with Gasteiger partial charge in [-0.3, -0.25) is 9.59 Å². The van der Waals surface area contributed by atoms with E-state index in [9.17, 15) is 18.0 Å². The van der Waals surface area contributed by atoms with Crippen molar-refractivity contribution in [1.29, 1.82) is 0 Å². The third-order valence-corrected chi connectivity index (χ3v) is 4.18. The number of rotatable bonds is 6. The van der Waals surface area contributed by atoms with E-state index < -0.39 is 15.7 Å². The first kappa shape index (κ1) is 18.5. The van der Waals surface area contributed by atoms with Crippen molar-refractivity contribution in [3.8, 4) is 5.75 Å². The van der Waals surface area contributed by atoms with E-state index in [0.717, 1.165) is 6.26 Å². The van der Waals surface area contributed by atoms with Gasteiger partial charge in [0.05, 0.1) is 4.90 Å². The lowest BCUT2D eigenvalue weighted by Crippen LogP contribution is -2.20. The Labute approximate surface area is 145 Å². The number of amides is 2. The zero-order valence-electron chi connectivity index (χ0n) is 13.8. The molecule has 2 aromatic rings. The Balaban J connectivity index is 1.96. The molecule has 0 spiro atoms. The largest absolute Gasteiger partial charge is 0.484 e. The topological polar surface area (TPSA) is 102 Å². The van der Waals surface area contributed by atoms with Crippen LogP contribution in [0.25, 0.3) is 0 Å². The number of sulfone groups is 1. The van der Waals surface area contributed by atoms with Gasteiger partial charge in [0.15, 0.2) is 16.4 Å². The van der Waals surface area contributed by atoms with Crippen LogP contribution in [-0.2, 0) is 19.4 Å². The molecule has 132 valence electrons. The molecule has 0 heterocycles. The van der Waals surface area contributed by atoms with Gasteiger partial charge >= 0.3 is 0 Å². The van der Waals surface area contributed by atoms with Crippen molar-refractivity contribution < 1.29 is 22.7 Å². The molecule has 25 heavy (non-hydrogen) atoms. The number of carbonyl (C=O) groups is 2. The van der Waals surface area contributed by atoms with E-state index in [2.05, 4.69) is 10.6 Å². The Morgan fingerprint density at radius 2 is 1.64 bits per heavy atom. The molecule has 0 saturated carbocycles. The first-order chi connectivity index (χ1) is 11.7. The standard InChI is InChI=1S/C17H18N2O5S/c1-12(20)18-13-5-3-7-15(9-13)24-11-17(21)19-14-6-4-8-16(10-14)25(2,22)23/h3-10H,11H2,1-2H3,(H,18,20)(H,19,21). The Kier molecular flexibility index (Phi) is 5.76. The second-order valence-corrected chi connectivity index (χ2v) is 7.36. The van der Waals surface area contributed by atoms with Crippen LogP contribution in [0.3, 0.4) is 0 Å². The van der Waals surface area contributed by atoms with Crippen LogP contribution in [0.5, 0.6) is 5.75 Å². The summed E-state index contributed by atoms with van der Waals surface area (Å²) in [7, 11) is -3.35. The Hall–Kier alpha value is -2.87.